The van der Waals surface area contributed by atoms with Crippen molar-refractivity contribution in [3.63, 3.8) is 0 Å². The maximum atomic E-state index is 14.4. The number of nitrogens with zero attached hydrogens (tertiary/aromatic N) is 1. The fourth-order valence-corrected chi connectivity index (χ4v) is 5.32. The van der Waals surface area contributed by atoms with Crippen LogP contribution in [-0.4, -0.2) is 21.1 Å². The van der Waals surface area contributed by atoms with Gasteiger partial charge in [-0.1, -0.05) is 47.5 Å². The number of carbonyl (C=O) groups is 2. The first-order valence-electron chi connectivity index (χ1n) is 10.2. The summed E-state index contributed by atoms with van der Waals surface area (Å²) < 4.78 is 26.7. The lowest BCUT2D eigenvalue weighted by molar-refractivity contribution is -0.117. The molecule has 0 saturated heterocycles. The number of amides is 2. The fourth-order valence-electron chi connectivity index (χ4n) is 3.75. The first-order valence-corrected chi connectivity index (χ1v) is 12.0. The number of carbonyl (C=O) groups excluding carboxylic acids is 2. The third-order valence-electron chi connectivity index (χ3n) is 5.50. The molecule has 1 aliphatic carbocycles. The topological polar surface area (TPSA) is 71.1 Å². The van der Waals surface area contributed by atoms with E-state index in [2.05, 4.69) is 22.2 Å². The molecule has 0 spiro atoms. The smallest absolute Gasteiger partial charge is 0.258 e. The normalized spacial score (nSPS) is 17.9. The summed E-state index contributed by atoms with van der Waals surface area (Å²) >= 11 is 31.0. The van der Waals surface area contributed by atoms with Gasteiger partial charge >= 0.3 is 0 Å². The first kappa shape index (κ1) is 26.6. The molecule has 0 unspecified atom stereocenters. The largest absolute Gasteiger partial charge is 0.326 e. The van der Waals surface area contributed by atoms with E-state index in [1.165, 1.54) is 18.2 Å². The van der Waals surface area contributed by atoms with Gasteiger partial charge in [0.2, 0.25) is 5.91 Å². The lowest BCUT2D eigenvalue weighted by Crippen LogP contribution is -2.19. The van der Waals surface area contributed by atoms with E-state index in [9.17, 15) is 18.4 Å². The Labute approximate surface area is 229 Å². The second-order valence-corrected chi connectivity index (χ2v) is 10.6. The molecule has 12 heteroatoms. The summed E-state index contributed by atoms with van der Waals surface area (Å²) in [5.41, 5.74) is 0.254. The summed E-state index contributed by atoms with van der Waals surface area (Å²) in [5.74, 6) is -5.31. The summed E-state index contributed by atoms with van der Waals surface area (Å²) in [7, 11) is 0. The highest BCUT2D eigenvalue weighted by Crippen LogP contribution is 2.65. The van der Waals surface area contributed by atoms with Crippen LogP contribution in [0, 0.1) is 17.6 Å². The molecule has 1 aromatic heterocycles. The average molecular weight is 592 g/mol. The van der Waals surface area contributed by atoms with Crippen molar-refractivity contribution >= 4 is 87.4 Å². The van der Waals surface area contributed by atoms with Crippen molar-refractivity contribution in [2.75, 3.05) is 10.6 Å². The summed E-state index contributed by atoms with van der Waals surface area (Å²) in [6, 6.07) is 8.89. The van der Waals surface area contributed by atoms with E-state index >= 15 is 0 Å². The van der Waals surface area contributed by atoms with E-state index in [1.54, 1.807) is 18.2 Å². The fraction of sp³-hybridized carbons (Fsp3) is 0.125. The van der Waals surface area contributed by atoms with E-state index in [4.69, 9.17) is 58.0 Å². The molecule has 1 aliphatic rings. The van der Waals surface area contributed by atoms with Gasteiger partial charge in [0, 0.05) is 21.7 Å². The van der Waals surface area contributed by atoms with Crippen molar-refractivity contribution in [1.82, 2.24) is 4.98 Å². The lowest BCUT2D eigenvalue weighted by atomic mass is 10.1. The van der Waals surface area contributed by atoms with Gasteiger partial charge in [0.25, 0.3) is 5.91 Å². The minimum atomic E-state index is -1.40. The third-order valence-corrected chi connectivity index (χ3v) is 7.21. The summed E-state index contributed by atoms with van der Waals surface area (Å²) in [6.07, 6.45) is 1.71. The molecule has 36 heavy (non-hydrogen) atoms. The highest BCUT2D eigenvalue weighted by atomic mass is 35.5. The zero-order valence-corrected chi connectivity index (χ0v) is 21.7. The van der Waals surface area contributed by atoms with E-state index in [-0.39, 0.29) is 16.3 Å². The number of hydrogen-bond acceptors (Lipinski definition) is 3. The average Bonchev–Trinajstić information content (AvgIpc) is 3.38. The number of alkyl halides is 2. The van der Waals surface area contributed by atoms with Crippen LogP contribution >= 0.6 is 58.0 Å². The van der Waals surface area contributed by atoms with E-state index < -0.39 is 51.0 Å². The Kier molecular flexibility index (Phi) is 7.51. The predicted octanol–water partition coefficient (Wildman–Crippen LogP) is 7.74. The maximum absolute atomic E-state index is 14.4. The van der Waals surface area contributed by atoms with Gasteiger partial charge in [-0.2, -0.15) is 0 Å². The number of rotatable bonds is 6. The Balaban J connectivity index is 1.53. The maximum Gasteiger partial charge on any atom is 0.258 e. The molecule has 5 nitrogen and oxygen atoms in total. The zero-order chi connectivity index (χ0) is 26.4. The Morgan fingerprint density at radius 3 is 2.33 bits per heavy atom. The van der Waals surface area contributed by atoms with Crippen LogP contribution in [0.3, 0.4) is 0 Å². The number of halogens is 7. The van der Waals surface area contributed by atoms with Crippen molar-refractivity contribution in [3.8, 4) is 0 Å². The standard InChI is InChI=1S/C24H14Cl5F2N3O2/c1-2-14-17(30)9-32-21(20(14)31)34-22(35)15-8-13(3-4-16(15)27)33-23(36)19-18(24(19,28)29)10-5-11(25)7-12(26)6-10/h2-9,18-19H,1H2,(H,33,36)(H,32,34,35)/t18-,19+/m0/s1. The second kappa shape index (κ2) is 10.1. The van der Waals surface area contributed by atoms with Gasteiger partial charge in [-0.25, -0.2) is 13.8 Å². The summed E-state index contributed by atoms with van der Waals surface area (Å²) in [4.78, 5) is 29.3. The Hall–Kier alpha value is -2.42. The number of nitrogens with one attached hydrogen (secondary N) is 2. The Morgan fingerprint density at radius 1 is 1.03 bits per heavy atom. The van der Waals surface area contributed by atoms with Crippen LogP contribution in [0.25, 0.3) is 6.08 Å². The van der Waals surface area contributed by atoms with Crippen LogP contribution < -0.4 is 10.6 Å². The minimum Gasteiger partial charge on any atom is -0.326 e. The number of pyridine rings is 1. The Morgan fingerprint density at radius 2 is 1.69 bits per heavy atom. The van der Waals surface area contributed by atoms with Crippen LogP contribution in [-0.2, 0) is 4.79 Å². The predicted molar refractivity (Wildman–Crippen MR) is 139 cm³/mol. The Bertz CT molecular complexity index is 1400. The van der Waals surface area contributed by atoms with Crippen LogP contribution in [0.2, 0.25) is 15.1 Å². The number of anilines is 2. The highest BCUT2D eigenvalue weighted by molar-refractivity contribution is 6.53. The van der Waals surface area contributed by atoms with Gasteiger partial charge < -0.3 is 10.6 Å². The van der Waals surface area contributed by atoms with Gasteiger partial charge in [-0.3, -0.25) is 9.59 Å². The lowest BCUT2D eigenvalue weighted by Gasteiger charge is -2.11. The van der Waals surface area contributed by atoms with Gasteiger partial charge in [0.15, 0.2) is 17.5 Å². The number of hydrogen-bond donors (Lipinski definition) is 2. The molecule has 186 valence electrons. The van der Waals surface area contributed by atoms with Crippen molar-refractivity contribution in [1.29, 1.82) is 0 Å². The molecule has 0 radical (unpaired) electrons. The molecule has 4 rings (SSSR count). The highest BCUT2D eigenvalue weighted by Gasteiger charge is 2.67. The third kappa shape index (κ3) is 5.17. The zero-order valence-electron chi connectivity index (χ0n) is 17.9. The van der Waals surface area contributed by atoms with E-state index in [0.717, 1.165) is 12.3 Å². The molecule has 1 heterocycles. The minimum absolute atomic E-state index is 0.0128. The monoisotopic (exact) mass is 589 g/mol. The molecule has 2 N–H and O–H groups in total. The van der Waals surface area contributed by atoms with Crippen molar-refractivity contribution in [2.24, 2.45) is 5.92 Å². The molecule has 2 atom stereocenters. The first-order chi connectivity index (χ1) is 16.9. The molecule has 0 aliphatic heterocycles. The van der Waals surface area contributed by atoms with Crippen molar-refractivity contribution < 1.29 is 18.4 Å². The van der Waals surface area contributed by atoms with Crippen LogP contribution in [0.5, 0.6) is 0 Å². The molecule has 1 fully saturated rings. The SMILES string of the molecule is C=Cc1c(F)cnc(NC(=O)c2cc(NC(=O)[C@H]3[C@H](c4cc(Cl)cc(Cl)c4)C3(Cl)Cl)ccc2Cl)c1F. The molecule has 2 aromatic carbocycles. The molecule has 3 aromatic rings. The molecule has 0 bridgehead atoms. The second-order valence-electron chi connectivity index (χ2n) is 7.86. The molecular formula is C24H14Cl5F2N3O2. The van der Waals surface area contributed by atoms with Gasteiger partial charge in [-0.15, -0.1) is 23.2 Å². The van der Waals surface area contributed by atoms with Crippen LogP contribution in [0.1, 0.15) is 27.4 Å². The van der Waals surface area contributed by atoms with Gasteiger partial charge in [0.1, 0.15) is 4.33 Å². The van der Waals surface area contributed by atoms with E-state index in [0.29, 0.717) is 15.6 Å². The van der Waals surface area contributed by atoms with E-state index in [1.807, 2.05) is 0 Å². The van der Waals surface area contributed by atoms with Crippen molar-refractivity contribution in [3.05, 3.63) is 92.6 Å². The number of aromatic nitrogens is 1. The number of benzene rings is 2. The summed E-state index contributed by atoms with van der Waals surface area (Å²) in [6.45, 7) is 3.33. The van der Waals surface area contributed by atoms with Gasteiger partial charge in [0.05, 0.1) is 28.3 Å². The molecule has 2 amide bonds. The van der Waals surface area contributed by atoms with Crippen molar-refractivity contribution in [2.45, 2.75) is 10.3 Å². The quantitative estimate of drug-likeness (QED) is 0.288. The summed E-state index contributed by atoms with van der Waals surface area (Å²) in [5, 5.41) is 5.63. The van der Waals surface area contributed by atoms with Crippen LogP contribution in [0.15, 0.2) is 49.2 Å². The van der Waals surface area contributed by atoms with Gasteiger partial charge in [-0.05, 0) is 42.0 Å². The molecule has 1 saturated carbocycles. The van der Waals surface area contributed by atoms with Crippen LogP contribution in [0.4, 0.5) is 20.3 Å². The molecular weight excluding hydrogens is 578 g/mol.